The molecule has 1 aromatic carbocycles. The van der Waals surface area contributed by atoms with E-state index in [9.17, 15) is 9.59 Å². The smallest absolute Gasteiger partial charge is 0.309 e. The van der Waals surface area contributed by atoms with Crippen molar-refractivity contribution in [1.29, 1.82) is 0 Å². The first kappa shape index (κ1) is 23.1. The van der Waals surface area contributed by atoms with Crippen molar-refractivity contribution in [2.24, 2.45) is 5.92 Å². The zero-order valence-corrected chi connectivity index (χ0v) is 19.3. The van der Waals surface area contributed by atoms with E-state index < -0.39 is 6.04 Å². The molecule has 0 aliphatic carbocycles. The number of esters is 1. The molecule has 33 heavy (non-hydrogen) atoms. The lowest BCUT2D eigenvalue weighted by Crippen LogP contribution is -2.42. The molecule has 1 N–H and O–H groups in total. The Balaban J connectivity index is 1.72. The number of tetrazole rings is 1. The number of aryl methyl sites for hydroxylation is 1. The minimum Gasteiger partial charge on any atom is -0.466 e. The van der Waals surface area contributed by atoms with Crippen LogP contribution in [0.4, 0.5) is 0 Å². The molecule has 0 radical (unpaired) electrons. The van der Waals surface area contributed by atoms with Gasteiger partial charge in [0.25, 0.3) is 5.56 Å². The Bertz CT molecular complexity index is 1170. The standard InChI is InChI=1S/C23H30N6O4/c1-4-33-23(31)16-7-9-28(10-8-16)20(21-25-26-27-29(21)11-12-32-3)18-14-17-6-5-15(2)13-19(17)24-22(18)30/h5-6,13-14,16,20H,4,7-12H2,1-3H3,(H,24,30). The number of hydrogen-bond acceptors (Lipinski definition) is 8. The van der Waals surface area contributed by atoms with Crippen LogP contribution in [0.5, 0.6) is 0 Å². The Morgan fingerprint density at radius 1 is 1.27 bits per heavy atom. The zero-order valence-electron chi connectivity index (χ0n) is 19.3. The normalized spacial score (nSPS) is 16.2. The summed E-state index contributed by atoms with van der Waals surface area (Å²) in [4.78, 5) is 30.7. The van der Waals surface area contributed by atoms with E-state index in [0.29, 0.717) is 57.1 Å². The quantitative estimate of drug-likeness (QED) is 0.513. The first-order chi connectivity index (χ1) is 16.0. The van der Waals surface area contributed by atoms with Gasteiger partial charge >= 0.3 is 5.97 Å². The lowest BCUT2D eigenvalue weighted by atomic mass is 9.94. The van der Waals surface area contributed by atoms with Crippen LogP contribution >= 0.6 is 0 Å². The third kappa shape index (κ3) is 4.96. The number of piperidine rings is 1. The van der Waals surface area contributed by atoms with Crippen molar-refractivity contribution in [1.82, 2.24) is 30.1 Å². The van der Waals surface area contributed by atoms with Crippen molar-refractivity contribution in [2.45, 2.75) is 39.3 Å². The van der Waals surface area contributed by atoms with Crippen LogP contribution in [0.1, 0.15) is 42.8 Å². The molecule has 1 unspecified atom stereocenters. The predicted octanol–water partition coefficient (Wildman–Crippen LogP) is 1.83. The fourth-order valence-corrected chi connectivity index (χ4v) is 4.43. The maximum atomic E-state index is 13.2. The molecule has 1 fully saturated rings. The van der Waals surface area contributed by atoms with Gasteiger partial charge in [-0.25, -0.2) is 4.68 Å². The first-order valence-electron chi connectivity index (χ1n) is 11.3. The molecule has 1 atom stereocenters. The van der Waals surface area contributed by atoms with Gasteiger partial charge in [-0.05, 0) is 60.2 Å². The molecule has 4 rings (SSSR count). The number of hydrogen-bond donors (Lipinski definition) is 1. The molecule has 0 saturated carbocycles. The molecule has 0 spiro atoms. The zero-order chi connectivity index (χ0) is 23.4. The van der Waals surface area contributed by atoms with Gasteiger partial charge in [0.2, 0.25) is 0 Å². The third-order valence-electron chi connectivity index (χ3n) is 6.15. The highest BCUT2D eigenvalue weighted by Gasteiger charge is 2.35. The summed E-state index contributed by atoms with van der Waals surface area (Å²) in [6, 6.07) is 7.46. The van der Waals surface area contributed by atoms with Crippen LogP contribution in [0.2, 0.25) is 0 Å². The van der Waals surface area contributed by atoms with Gasteiger partial charge in [0.05, 0.1) is 25.7 Å². The van der Waals surface area contributed by atoms with E-state index in [0.717, 1.165) is 16.5 Å². The second kappa shape index (κ2) is 10.2. The number of likely N-dealkylation sites (tertiary alicyclic amines) is 1. The molecule has 1 aliphatic rings. The summed E-state index contributed by atoms with van der Waals surface area (Å²) in [6.45, 7) is 6.35. The number of aromatic nitrogens is 5. The van der Waals surface area contributed by atoms with Gasteiger partial charge in [0.1, 0.15) is 6.04 Å². The fraction of sp³-hybridized carbons (Fsp3) is 0.522. The highest BCUT2D eigenvalue weighted by Crippen LogP contribution is 2.31. The molecular formula is C23H30N6O4. The summed E-state index contributed by atoms with van der Waals surface area (Å²) in [7, 11) is 1.62. The number of nitrogens with zero attached hydrogens (tertiary/aromatic N) is 5. The molecule has 10 nitrogen and oxygen atoms in total. The average molecular weight is 455 g/mol. The Labute approximate surface area is 191 Å². The van der Waals surface area contributed by atoms with Crippen LogP contribution in [0, 0.1) is 12.8 Å². The largest absolute Gasteiger partial charge is 0.466 e. The molecule has 3 aromatic rings. The summed E-state index contributed by atoms with van der Waals surface area (Å²) >= 11 is 0. The number of pyridine rings is 1. The van der Waals surface area contributed by atoms with E-state index in [1.54, 1.807) is 11.8 Å². The van der Waals surface area contributed by atoms with Crippen molar-refractivity contribution in [3.05, 3.63) is 51.6 Å². The summed E-state index contributed by atoms with van der Waals surface area (Å²) < 4.78 is 12.1. The molecule has 1 saturated heterocycles. The van der Waals surface area contributed by atoms with Gasteiger partial charge in [0.15, 0.2) is 5.82 Å². The van der Waals surface area contributed by atoms with Crippen LogP contribution in [0.15, 0.2) is 29.1 Å². The monoisotopic (exact) mass is 454 g/mol. The second-order valence-electron chi connectivity index (χ2n) is 8.36. The molecule has 3 heterocycles. The molecule has 176 valence electrons. The van der Waals surface area contributed by atoms with Gasteiger partial charge in [-0.3, -0.25) is 14.5 Å². The van der Waals surface area contributed by atoms with Gasteiger partial charge in [-0.15, -0.1) is 5.10 Å². The van der Waals surface area contributed by atoms with Gasteiger partial charge in [-0.2, -0.15) is 0 Å². The number of fused-ring (bicyclic) bond motifs is 1. The predicted molar refractivity (Wildman–Crippen MR) is 122 cm³/mol. The highest BCUT2D eigenvalue weighted by molar-refractivity contribution is 5.79. The number of carbonyl (C=O) groups excluding carboxylic acids is 1. The first-order valence-corrected chi connectivity index (χ1v) is 11.3. The van der Waals surface area contributed by atoms with E-state index in [1.165, 1.54) is 0 Å². The second-order valence-corrected chi connectivity index (χ2v) is 8.36. The SMILES string of the molecule is CCOC(=O)C1CCN(C(c2cc3ccc(C)cc3[nH]c2=O)c2nnnn2CCOC)CC1. The molecule has 10 heteroatoms. The number of benzene rings is 1. The third-order valence-corrected chi connectivity index (χ3v) is 6.15. The summed E-state index contributed by atoms with van der Waals surface area (Å²) in [5.41, 5.74) is 2.27. The maximum Gasteiger partial charge on any atom is 0.309 e. The summed E-state index contributed by atoms with van der Waals surface area (Å²) in [6.07, 6.45) is 1.30. The van der Waals surface area contributed by atoms with E-state index in [-0.39, 0.29) is 17.4 Å². The number of rotatable bonds is 8. The van der Waals surface area contributed by atoms with Gasteiger partial charge in [0, 0.05) is 31.3 Å². The van der Waals surface area contributed by atoms with Crippen molar-refractivity contribution < 1.29 is 14.3 Å². The summed E-state index contributed by atoms with van der Waals surface area (Å²) in [5.74, 6) is 0.292. The maximum absolute atomic E-state index is 13.2. The summed E-state index contributed by atoms with van der Waals surface area (Å²) in [5, 5.41) is 13.3. The Morgan fingerprint density at radius 2 is 2.06 bits per heavy atom. The van der Waals surface area contributed by atoms with E-state index in [2.05, 4.69) is 25.4 Å². The van der Waals surface area contributed by atoms with E-state index in [1.807, 2.05) is 38.1 Å². The minimum atomic E-state index is -0.450. The van der Waals surface area contributed by atoms with Crippen LogP contribution in [0.25, 0.3) is 10.9 Å². The molecule has 0 amide bonds. The Morgan fingerprint density at radius 3 is 2.79 bits per heavy atom. The minimum absolute atomic E-state index is 0.135. The average Bonchev–Trinajstić information content (AvgIpc) is 3.27. The van der Waals surface area contributed by atoms with Crippen LogP contribution in [-0.2, 0) is 20.8 Å². The van der Waals surface area contributed by atoms with Crippen molar-refractivity contribution in [3.8, 4) is 0 Å². The van der Waals surface area contributed by atoms with E-state index >= 15 is 0 Å². The number of nitrogens with one attached hydrogen (secondary N) is 1. The van der Waals surface area contributed by atoms with Crippen LogP contribution in [0.3, 0.4) is 0 Å². The van der Waals surface area contributed by atoms with E-state index in [4.69, 9.17) is 9.47 Å². The van der Waals surface area contributed by atoms with Crippen LogP contribution < -0.4 is 5.56 Å². The number of methoxy groups -OCH3 is 1. The molecule has 2 aromatic heterocycles. The van der Waals surface area contributed by atoms with Crippen molar-refractivity contribution in [3.63, 3.8) is 0 Å². The fourth-order valence-electron chi connectivity index (χ4n) is 4.43. The number of H-pyrrole nitrogens is 1. The molecular weight excluding hydrogens is 424 g/mol. The van der Waals surface area contributed by atoms with Gasteiger partial charge < -0.3 is 14.5 Å². The topological polar surface area (TPSA) is 115 Å². The van der Waals surface area contributed by atoms with Crippen molar-refractivity contribution >= 4 is 16.9 Å². The van der Waals surface area contributed by atoms with Gasteiger partial charge in [-0.1, -0.05) is 12.1 Å². The van der Waals surface area contributed by atoms with Crippen LogP contribution in [-0.4, -0.2) is 69.5 Å². The Kier molecular flexibility index (Phi) is 7.14. The number of aromatic amines is 1. The highest BCUT2D eigenvalue weighted by atomic mass is 16.5. The molecule has 0 bridgehead atoms. The lowest BCUT2D eigenvalue weighted by molar-refractivity contribution is -0.149. The number of ether oxygens (including phenoxy) is 2. The lowest BCUT2D eigenvalue weighted by Gasteiger charge is -2.36. The Hall–Kier alpha value is -3.11. The van der Waals surface area contributed by atoms with Crippen molar-refractivity contribution in [2.75, 3.05) is 33.4 Å². The molecule has 1 aliphatic heterocycles. The number of carbonyl (C=O) groups is 1.